The highest BCUT2D eigenvalue weighted by molar-refractivity contribution is 5.78. The number of hydrogen-bond acceptors (Lipinski definition) is 3. The average molecular weight is 351 g/mol. The molecule has 3 rings (SSSR count). The Labute approximate surface area is 153 Å². The molecule has 0 radical (unpaired) electrons. The Kier molecular flexibility index (Phi) is 6.26. The van der Waals surface area contributed by atoms with Crippen LogP contribution < -0.4 is 0 Å². The van der Waals surface area contributed by atoms with Crippen molar-refractivity contribution in [2.75, 3.05) is 13.7 Å². The highest BCUT2D eigenvalue weighted by Gasteiger charge is 2.47. The number of methoxy groups -OCH3 is 1. The van der Waals surface area contributed by atoms with Crippen LogP contribution in [-0.4, -0.2) is 30.2 Å². The summed E-state index contributed by atoms with van der Waals surface area (Å²) >= 11 is 0. The molecular formula is C22H38O3. The number of fused-ring (bicyclic) bond motifs is 3. The predicted molar refractivity (Wildman–Crippen MR) is 100 cm³/mol. The Morgan fingerprint density at radius 3 is 2.56 bits per heavy atom. The number of carbonyl (C=O) groups is 1. The molecule has 3 heteroatoms. The summed E-state index contributed by atoms with van der Waals surface area (Å²) in [5.41, 5.74) is -0.591. The number of aliphatic hydroxyl groups is 1. The van der Waals surface area contributed by atoms with Crippen molar-refractivity contribution in [3.05, 3.63) is 0 Å². The maximum atomic E-state index is 11.9. The van der Waals surface area contributed by atoms with Gasteiger partial charge in [0.15, 0.2) is 0 Å². The summed E-state index contributed by atoms with van der Waals surface area (Å²) in [5.74, 6) is 4.55. The van der Waals surface area contributed by atoms with Crippen LogP contribution in [0.4, 0.5) is 0 Å². The van der Waals surface area contributed by atoms with Gasteiger partial charge in [0.25, 0.3) is 0 Å². The largest absolute Gasteiger partial charge is 0.387 e. The van der Waals surface area contributed by atoms with E-state index in [1.54, 1.807) is 14.0 Å². The maximum Gasteiger partial charge on any atom is 0.132 e. The summed E-state index contributed by atoms with van der Waals surface area (Å²) in [6.45, 7) is 4.71. The fraction of sp³-hybridized carbons (Fsp3) is 0.955. The van der Waals surface area contributed by atoms with Gasteiger partial charge in [0.1, 0.15) is 5.78 Å². The van der Waals surface area contributed by atoms with Crippen LogP contribution in [0.3, 0.4) is 0 Å². The third-order valence-corrected chi connectivity index (χ3v) is 7.94. The molecule has 0 bridgehead atoms. The second-order valence-electron chi connectivity index (χ2n) is 9.52. The molecule has 7 unspecified atom stereocenters. The fourth-order valence-corrected chi connectivity index (χ4v) is 6.59. The first kappa shape index (κ1) is 19.4. The van der Waals surface area contributed by atoms with Crippen molar-refractivity contribution in [2.24, 2.45) is 35.5 Å². The van der Waals surface area contributed by atoms with Crippen LogP contribution in [0.1, 0.15) is 78.1 Å². The van der Waals surface area contributed by atoms with E-state index in [1.807, 2.05) is 0 Å². The van der Waals surface area contributed by atoms with Crippen molar-refractivity contribution in [1.29, 1.82) is 0 Å². The minimum Gasteiger partial charge on any atom is -0.387 e. The van der Waals surface area contributed by atoms with Crippen LogP contribution >= 0.6 is 0 Å². The molecule has 0 amide bonds. The molecule has 0 heterocycles. The maximum absolute atomic E-state index is 11.9. The minimum atomic E-state index is -0.591. The standard InChI is InChI=1S/C22H38O3/c1-15-7-8-17(16(2)23)5-4-6-21-19(15)10-9-18-13-22(24,14-25-3)12-11-20(18)21/h15,17-21,24H,4-14H2,1-3H3. The van der Waals surface area contributed by atoms with Gasteiger partial charge >= 0.3 is 0 Å². The van der Waals surface area contributed by atoms with Gasteiger partial charge in [-0.15, -0.1) is 0 Å². The molecule has 25 heavy (non-hydrogen) atoms. The number of ether oxygens (including phenoxy) is 1. The number of ketones is 1. The Morgan fingerprint density at radius 1 is 1.04 bits per heavy atom. The fourth-order valence-electron chi connectivity index (χ4n) is 6.59. The zero-order chi connectivity index (χ0) is 18.0. The normalized spacial score (nSPS) is 45.4. The quantitative estimate of drug-likeness (QED) is 0.808. The van der Waals surface area contributed by atoms with Crippen molar-refractivity contribution in [2.45, 2.75) is 83.7 Å². The molecule has 0 aromatic rings. The summed E-state index contributed by atoms with van der Waals surface area (Å²) in [6, 6.07) is 0. The third-order valence-electron chi connectivity index (χ3n) is 7.94. The highest BCUT2D eigenvalue weighted by atomic mass is 16.5. The highest BCUT2D eigenvalue weighted by Crippen LogP contribution is 2.53. The number of Topliss-reactive ketones (excluding diaryl/α,β-unsaturated/α-hetero) is 1. The molecule has 3 nitrogen and oxygen atoms in total. The lowest BCUT2D eigenvalue weighted by Crippen LogP contribution is -2.48. The summed E-state index contributed by atoms with van der Waals surface area (Å²) in [4.78, 5) is 11.9. The van der Waals surface area contributed by atoms with Crippen molar-refractivity contribution < 1.29 is 14.6 Å². The molecular weight excluding hydrogens is 312 g/mol. The molecule has 0 aromatic heterocycles. The van der Waals surface area contributed by atoms with Gasteiger partial charge in [0.05, 0.1) is 12.2 Å². The van der Waals surface area contributed by atoms with E-state index < -0.39 is 5.60 Å². The van der Waals surface area contributed by atoms with Crippen molar-refractivity contribution in [3.8, 4) is 0 Å². The molecule has 0 aromatic carbocycles. The summed E-state index contributed by atoms with van der Waals surface area (Å²) in [5, 5.41) is 10.8. The van der Waals surface area contributed by atoms with E-state index >= 15 is 0 Å². The lowest BCUT2D eigenvalue weighted by Gasteiger charge is -2.51. The number of rotatable bonds is 3. The molecule has 1 N–H and O–H groups in total. The monoisotopic (exact) mass is 350 g/mol. The topological polar surface area (TPSA) is 46.5 Å². The SMILES string of the molecule is COCC1(O)CCC2C(CCC3C(C)CCC(C(C)=O)CCCC32)C1. The predicted octanol–water partition coefficient (Wildman–Crippen LogP) is 4.61. The first-order chi connectivity index (χ1) is 11.9. The van der Waals surface area contributed by atoms with E-state index in [1.165, 1.54) is 32.1 Å². The Balaban J connectivity index is 1.71. The molecule has 7 atom stereocenters. The van der Waals surface area contributed by atoms with E-state index in [-0.39, 0.29) is 0 Å². The van der Waals surface area contributed by atoms with Gasteiger partial charge in [-0.05, 0) is 94.3 Å². The van der Waals surface area contributed by atoms with Crippen LogP contribution in [0.15, 0.2) is 0 Å². The van der Waals surface area contributed by atoms with Gasteiger partial charge in [-0.1, -0.05) is 13.3 Å². The van der Waals surface area contributed by atoms with Gasteiger partial charge < -0.3 is 9.84 Å². The van der Waals surface area contributed by atoms with Gasteiger partial charge in [-0.3, -0.25) is 4.79 Å². The first-order valence-electron chi connectivity index (χ1n) is 10.7. The van der Waals surface area contributed by atoms with Crippen LogP contribution in [0.25, 0.3) is 0 Å². The molecule has 3 aliphatic carbocycles. The van der Waals surface area contributed by atoms with E-state index in [9.17, 15) is 9.90 Å². The zero-order valence-electron chi connectivity index (χ0n) is 16.5. The second kappa shape index (κ2) is 8.08. The second-order valence-corrected chi connectivity index (χ2v) is 9.52. The van der Waals surface area contributed by atoms with Crippen LogP contribution in [0.2, 0.25) is 0 Å². The zero-order valence-corrected chi connectivity index (χ0v) is 16.5. The number of hydrogen-bond donors (Lipinski definition) is 1. The van der Waals surface area contributed by atoms with Crippen molar-refractivity contribution >= 4 is 5.78 Å². The first-order valence-corrected chi connectivity index (χ1v) is 10.7. The lowest BCUT2D eigenvalue weighted by atomic mass is 9.56. The van der Waals surface area contributed by atoms with Crippen molar-refractivity contribution in [1.82, 2.24) is 0 Å². The molecule has 0 aliphatic heterocycles. The molecule has 3 fully saturated rings. The third kappa shape index (κ3) is 4.30. The minimum absolute atomic E-state index is 0.302. The average Bonchev–Trinajstić information content (AvgIpc) is 2.64. The summed E-state index contributed by atoms with van der Waals surface area (Å²) in [7, 11) is 1.70. The Hall–Kier alpha value is -0.410. The Bertz CT molecular complexity index is 462. The smallest absolute Gasteiger partial charge is 0.132 e. The molecule has 0 spiro atoms. The van der Waals surface area contributed by atoms with Gasteiger partial charge in [0, 0.05) is 13.0 Å². The number of carbonyl (C=O) groups excluding carboxylic acids is 1. The Morgan fingerprint density at radius 2 is 1.84 bits per heavy atom. The van der Waals surface area contributed by atoms with Crippen molar-refractivity contribution in [3.63, 3.8) is 0 Å². The molecule has 3 saturated carbocycles. The summed E-state index contributed by atoms with van der Waals surface area (Å²) in [6.07, 6.45) is 11.5. The van der Waals surface area contributed by atoms with Crippen LogP contribution in [-0.2, 0) is 9.53 Å². The molecule has 3 aliphatic rings. The lowest BCUT2D eigenvalue weighted by molar-refractivity contribution is -0.121. The summed E-state index contributed by atoms with van der Waals surface area (Å²) < 4.78 is 5.29. The molecule has 144 valence electrons. The van der Waals surface area contributed by atoms with E-state index in [2.05, 4.69) is 6.92 Å². The van der Waals surface area contributed by atoms with Crippen LogP contribution in [0, 0.1) is 35.5 Å². The van der Waals surface area contributed by atoms with Crippen LogP contribution in [0.5, 0.6) is 0 Å². The van der Waals surface area contributed by atoms with E-state index in [4.69, 9.17) is 4.74 Å². The van der Waals surface area contributed by atoms with E-state index in [0.29, 0.717) is 24.2 Å². The van der Waals surface area contributed by atoms with Gasteiger partial charge in [-0.2, -0.15) is 0 Å². The van der Waals surface area contributed by atoms with Gasteiger partial charge in [0.2, 0.25) is 0 Å². The van der Waals surface area contributed by atoms with Gasteiger partial charge in [-0.25, -0.2) is 0 Å². The molecule has 0 saturated heterocycles. The van der Waals surface area contributed by atoms with E-state index in [0.717, 1.165) is 55.8 Å².